The Hall–Kier alpha value is -1.31. The van der Waals surface area contributed by atoms with Gasteiger partial charge >= 0.3 is 0 Å². The molecule has 2 fully saturated rings. The van der Waals surface area contributed by atoms with Crippen LogP contribution in [0.3, 0.4) is 0 Å². The average Bonchev–Trinajstić information content (AvgIpc) is 2.69. The molecule has 0 radical (unpaired) electrons. The molecule has 2 atom stereocenters. The van der Waals surface area contributed by atoms with Crippen molar-refractivity contribution in [1.29, 1.82) is 0 Å². The molecule has 0 amide bonds. The Morgan fingerprint density at radius 2 is 1.65 bits per heavy atom. The van der Waals surface area contributed by atoms with Crippen molar-refractivity contribution in [3.05, 3.63) is 23.3 Å². The highest BCUT2D eigenvalue weighted by molar-refractivity contribution is 7.90. The molecule has 0 bridgehead atoms. The number of benzene rings is 1. The summed E-state index contributed by atoms with van der Waals surface area (Å²) >= 11 is 0. The molecule has 1 aliphatic heterocycles. The fourth-order valence-electron chi connectivity index (χ4n) is 4.82. The molecule has 1 unspecified atom stereocenters. The summed E-state index contributed by atoms with van der Waals surface area (Å²) in [5.74, 6) is 0.583. The van der Waals surface area contributed by atoms with E-state index in [0.29, 0.717) is 5.92 Å². The molecule has 2 N–H and O–H groups in total. The van der Waals surface area contributed by atoms with E-state index in [-0.39, 0.29) is 23.5 Å². The van der Waals surface area contributed by atoms with Crippen LogP contribution < -0.4 is 14.9 Å². The van der Waals surface area contributed by atoms with Crippen molar-refractivity contribution < 1.29 is 13.2 Å². The third-order valence-electron chi connectivity index (χ3n) is 6.90. The Balaban J connectivity index is 1.54. The molecule has 2 aliphatic rings. The van der Waals surface area contributed by atoms with Gasteiger partial charge < -0.3 is 15.0 Å². The molecule has 1 saturated heterocycles. The minimum absolute atomic E-state index is 0.0882. The minimum atomic E-state index is -3.18. The number of hydrogen-bond donors (Lipinski definition) is 2. The van der Waals surface area contributed by atoms with Gasteiger partial charge in [-0.15, -0.1) is 0 Å². The van der Waals surface area contributed by atoms with Gasteiger partial charge in [-0.25, -0.2) is 13.1 Å². The lowest BCUT2D eigenvalue weighted by molar-refractivity contribution is -0.00524. The largest absolute Gasteiger partial charge is 0.385 e. The first-order chi connectivity index (χ1) is 14.6. The Morgan fingerprint density at radius 1 is 1.03 bits per heavy atom. The Morgan fingerprint density at radius 3 is 2.23 bits per heavy atom. The van der Waals surface area contributed by atoms with Crippen molar-refractivity contribution >= 4 is 21.4 Å². The summed E-state index contributed by atoms with van der Waals surface area (Å²) in [5, 5.41) is 3.30. The minimum Gasteiger partial charge on any atom is -0.385 e. The van der Waals surface area contributed by atoms with E-state index in [1.54, 1.807) is 13.8 Å². The molecule has 1 aromatic rings. The van der Waals surface area contributed by atoms with Crippen LogP contribution in [0.25, 0.3) is 0 Å². The number of nitrogens with one attached hydrogen (secondary N) is 2. The van der Waals surface area contributed by atoms with Gasteiger partial charge in [-0.1, -0.05) is 0 Å². The van der Waals surface area contributed by atoms with Crippen molar-refractivity contribution in [2.24, 2.45) is 5.92 Å². The van der Waals surface area contributed by atoms with Gasteiger partial charge in [0, 0.05) is 37.1 Å². The smallest absolute Gasteiger partial charge is 0.214 e. The molecule has 6 nitrogen and oxygen atoms in total. The molecular formula is C24H41N3O3S. The molecular weight excluding hydrogens is 410 g/mol. The van der Waals surface area contributed by atoms with Crippen molar-refractivity contribution in [2.45, 2.75) is 90.7 Å². The van der Waals surface area contributed by atoms with Gasteiger partial charge in [0.1, 0.15) is 0 Å². The first-order valence-corrected chi connectivity index (χ1v) is 13.4. The van der Waals surface area contributed by atoms with Gasteiger partial charge in [0.25, 0.3) is 0 Å². The Bertz CT molecular complexity index is 838. The summed E-state index contributed by atoms with van der Waals surface area (Å²) in [7, 11) is -3.18. The second-order valence-corrected chi connectivity index (χ2v) is 12.1. The predicted octanol–water partition coefficient (Wildman–Crippen LogP) is 4.22. The predicted molar refractivity (Wildman–Crippen MR) is 130 cm³/mol. The van der Waals surface area contributed by atoms with Gasteiger partial charge in [-0.05, 0) is 96.4 Å². The molecule has 1 aromatic carbocycles. The lowest BCUT2D eigenvalue weighted by atomic mass is 9.86. The van der Waals surface area contributed by atoms with Crippen LogP contribution in [-0.2, 0) is 14.8 Å². The van der Waals surface area contributed by atoms with Crippen LogP contribution in [0, 0.1) is 19.8 Å². The molecule has 7 heteroatoms. The number of rotatable bonds is 7. The van der Waals surface area contributed by atoms with E-state index in [0.717, 1.165) is 45.3 Å². The molecule has 1 aliphatic carbocycles. The van der Waals surface area contributed by atoms with Crippen LogP contribution in [0.2, 0.25) is 0 Å². The highest BCUT2D eigenvalue weighted by Crippen LogP contribution is 2.32. The summed E-state index contributed by atoms with van der Waals surface area (Å²) in [6.07, 6.45) is 4.45. The molecule has 3 rings (SSSR count). The van der Waals surface area contributed by atoms with E-state index in [9.17, 15) is 8.42 Å². The Labute approximate surface area is 189 Å². The maximum atomic E-state index is 12.1. The number of morpholine rings is 1. The second kappa shape index (κ2) is 10.1. The van der Waals surface area contributed by atoms with E-state index in [1.807, 2.05) is 0 Å². The number of anilines is 2. The van der Waals surface area contributed by atoms with E-state index in [1.165, 1.54) is 22.5 Å². The van der Waals surface area contributed by atoms with E-state index < -0.39 is 10.0 Å². The number of hydrogen-bond acceptors (Lipinski definition) is 5. The molecule has 1 heterocycles. The summed E-state index contributed by atoms with van der Waals surface area (Å²) in [5.41, 5.74) is 5.15. The van der Waals surface area contributed by atoms with Gasteiger partial charge in [0.15, 0.2) is 0 Å². The van der Waals surface area contributed by atoms with Gasteiger partial charge in [0.05, 0.1) is 17.5 Å². The summed E-state index contributed by atoms with van der Waals surface area (Å²) < 4.78 is 33.0. The third kappa shape index (κ3) is 6.14. The summed E-state index contributed by atoms with van der Waals surface area (Å²) in [6, 6.07) is 4.54. The summed E-state index contributed by atoms with van der Waals surface area (Å²) in [6.45, 7) is 15.0. The first-order valence-electron chi connectivity index (χ1n) is 11.8. The fraction of sp³-hybridized carbons (Fsp3) is 0.750. The zero-order valence-electron chi connectivity index (χ0n) is 20.1. The molecule has 31 heavy (non-hydrogen) atoms. The SMILES string of the molecule is Cc1c(NCC2CCC(NS(=O)(=O)C(C)C)CC2)ccc(N2CC(C)O[C@H](C)C2)c1C. The van der Waals surface area contributed by atoms with E-state index in [2.05, 4.69) is 54.8 Å². The average molecular weight is 452 g/mol. The van der Waals surface area contributed by atoms with Gasteiger partial charge in [0.2, 0.25) is 10.0 Å². The van der Waals surface area contributed by atoms with Crippen LogP contribution >= 0.6 is 0 Å². The first kappa shape index (κ1) is 24.3. The number of nitrogens with zero attached hydrogens (tertiary/aromatic N) is 1. The highest BCUT2D eigenvalue weighted by Gasteiger charge is 2.27. The van der Waals surface area contributed by atoms with E-state index in [4.69, 9.17) is 4.74 Å². The molecule has 176 valence electrons. The fourth-order valence-corrected chi connectivity index (χ4v) is 5.79. The van der Waals surface area contributed by atoms with Crippen molar-refractivity contribution in [2.75, 3.05) is 29.9 Å². The standard InChI is InChI=1S/C24H41N3O3S/c1-16(2)31(28,29)26-22-9-7-21(8-10-22)13-25-23-11-12-24(20(6)19(23)5)27-14-17(3)30-18(4)15-27/h11-12,16-18,21-22,25-26H,7-10,13-15H2,1-6H3/t17-,18?,21?,22?/m1/s1. The van der Waals surface area contributed by atoms with Crippen LogP contribution in [-0.4, -0.2) is 51.6 Å². The van der Waals surface area contributed by atoms with Crippen LogP contribution in [0.5, 0.6) is 0 Å². The number of sulfonamides is 1. The second-order valence-electron chi connectivity index (χ2n) is 9.85. The quantitative estimate of drug-likeness (QED) is 0.650. The molecule has 0 spiro atoms. The Kier molecular flexibility index (Phi) is 7.92. The van der Waals surface area contributed by atoms with Crippen LogP contribution in [0.15, 0.2) is 12.1 Å². The van der Waals surface area contributed by atoms with E-state index >= 15 is 0 Å². The van der Waals surface area contributed by atoms with Gasteiger partial charge in [-0.3, -0.25) is 0 Å². The van der Waals surface area contributed by atoms with Crippen molar-refractivity contribution in [3.8, 4) is 0 Å². The lowest BCUT2D eigenvalue weighted by Crippen LogP contribution is -2.45. The van der Waals surface area contributed by atoms with Crippen LogP contribution in [0.1, 0.15) is 64.5 Å². The normalized spacial score (nSPS) is 27.5. The zero-order chi connectivity index (χ0) is 22.8. The number of ether oxygens (including phenoxy) is 1. The zero-order valence-corrected chi connectivity index (χ0v) is 20.9. The lowest BCUT2D eigenvalue weighted by Gasteiger charge is -2.38. The van der Waals surface area contributed by atoms with Crippen LogP contribution in [0.4, 0.5) is 11.4 Å². The molecule has 0 aromatic heterocycles. The van der Waals surface area contributed by atoms with Crippen molar-refractivity contribution in [1.82, 2.24) is 4.72 Å². The third-order valence-corrected chi connectivity index (χ3v) is 8.80. The maximum Gasteiger partial charge on any atom is 0.214 e. The van der Waals surface area contributed by atoms with Crippen molar-refractivity contribution in [3.63, 3.8) is 0 Å². The topological polar surface area (TPSA) is 70.7 Å². The summed E-state index contributed by atoms with van der Waals surface area (Å²) in [4.78, 5) is 2.45. The molecule has 1 saturated carbocycles. The monoisotopic (exact) mass is 451 g/mol. The maximum absolute atomic E-state index is 12.1. The van der Waals surface area contributed by atoms with Gasteiger partial charge in [-0.2, -0.15) is 0 Å². The highest BCUT2D eigenvalue weighted by atomic mass is 32.2.